The van der Waals surface area contributed by atoms with Crippen molar-refractivity contribution >= 4 is 11.6 Å². The van der Waals surface area contributed by atoms with Crippen LogP contribution in [-0.4, -0.2) is 24.5 Å². The number of halogens is 2. The van der Waals surface area contributed by atoms with E-state index in [1.54, 1.807) is 18.2 Å². The summed E-state index contributed by atoms with van der Waals surface area (Å²) in [4.78, 5) is 2.27. The molecule has 2 atom stereocenters. The van der Waals surface area contributed by atoms with Crippen LogP contribution in [0.15, 0.2) is 18.2 Å². The molecule has 2 nitrogen and oxygen atoms in total. The number of nitrogens with two attached hydrogens (primary N) is 1. The zero-order valence-electron chi connectivity index (χ0n) is 10.7. The van der Waals surface area contributed by atoms with Gasteiger partial charge >= 0.3 is 0 Å². The fourth-order valence-corrected chi connectivity index (χ4v) is 2.78. The fourth-order valence-electron chi connectivity index (χ4n) is 2.59. The van der Waals surface area contributed by atoms with Gasteiger partial charge in [-0.1, -0.05) is 30.7 Å². The van der Waals surface area contributed by atoms with Crippen molar-refractivity contribution in [2.45, 2.75) is 19.9 Å². The molecular weight excluding hydrogens is 251 g/mol. The second-order valence-electron chi connectivity index (χ2n) is 5.21. The summed E-state index contributed by atoms with van der Waals surface area (Å²) >= 11 is 5.80. The molecule has 1 aliphatic rings. The maximum Gasteiger partial charge on any atom is 0.146 e. The normalized spacial score (nSPS) is 25.3. The van der Waals surface area contributed by atoms with E-state index in [1.807, 2.05) is 0 Å². The number of hydrogen-bond acceptors (Lipinski definition) is 2. The van der Waals surface area contributed by atoms with Crippen molar-refractivity contribution in [3.8, 4) is 0 Å². The lowest BCUT2D eigenvalue weighted by atomic mass is 9.87. The Morgan fingerprint density at radius 2 is 2.28 bits per heavy atom. The van der Waals surface area contributed by atoms with E-state index in [-0.39, 0.29) is 10.8 Å². The van der Waals surface area contributed by atoms with Crippen molar-refractivity contribution in [1.82, 2.24) is 4.90 Å². The first-order chi connectivity index (χ1) is 8.61. The van der Waals surface area contributed by atoms with Gasteiger partial charge in [0.05, 0.1) is 5.02 Å². The molecule has 0 radical (unpaired) electrons. The third-order valence-corrected chi connectivity index (χ3v) is 4.22. The van der Waals surface area contributed by atoms with E-state index in [1.165, 1.54) is 0 Å². The van der Waals surface area contributed by atoms with Crippen LogP contribution in [0, 0.1) is 17.7 Å². The van der Waals surface area contributed by atoms with Crippen LogP contribution >= 0.6 is 11.6 Å². The van der Waals surface area contributed by atoms with Gasteiger partial charge in [0.25, 0.3) is 0 Å². The van der Waals surface area contributed by atoms with Gasteiger partial charge < -0.3 is 5.73 Å². The predicted octanol–water partition coefficient (Wildman–Crippen LogP) is 2.90. The molecule has 0 amide bonds. The molecule has 2 rings (SSSR count). The zero-order valence-corrected chi connectivity index (χ0v) is 11.5. The molecule has 1 aromatic rings. The van der Waals surface area contributed by atoms with Crippen LogP contribution in [0.5, 0.6) is 0 Å². The minimum Gasteiger partial charge on any atom is -0.330 e. The molecule has 0 aromatic heterocycles. The first-order valence-corrected chi connectivity index (χ1v) is 6.85. The second kappa shape index (κ2) is 6.00. The Balaban J connectivity index is 2.03. The molecule has 0 saturated carbocycles. The first kappa shape index (κ1) is 13.8. The largest absolute Gasteiger partial charge is 0.330 e. The van der Waals surface area contributed by atoms with Crippen LogP contribution in [-0.2, 0) is 6.54 Å². The summed E-state index contributed by atoms with van der Waals surface area (Å²) in [6, 6.07) is 5.19. The zero-order chi connectivity index (χ0) is 13.1. The van der Waals surface area contributed by atoms with Crippen molar-refractivity contribution < 1.29 is 4.39 Å². The maximum absolute atomic E-state index is 13.8. The van der Waals surface area contributed by atoms with Crippen LogP contribution in [0.4, 0.5) is 4.39 Å². The Hall–Kier alpha value is -0.640. The summed E-state index contributed by atoms with van der Waals surface area (Å²) in [6.07, 6.45) is 1.13. The van der Waals surface area contributed by atoms with E-state index < -0.39 is 0 Å². The average Bonchev–Trinajstić information content (AvgIpc) is 2.37. The SMILES string of the molecule is CC1CCN(Cc2cccc(Cl)c2F)CC1CN. The lowest BCUT2D eigenvalue weighted by molar-refractivity contribution is 0.125. The van der Waals surface area contributed by atoms with E-state index in [4.69, 9.17) is 17.3 Å². The summed E-state index contributed by atoms with van der Waals surface area (Å²) < 4.78 is 13.8. The number of rotatable bonds is 3. The van der Waals surface area contributed by atoms with E-state index in [0.29, 0.717) is 30.5 Å². The molecule has 0 aliphatic carbocycles. The molecule has 0 spiro atoms. The van der Waals surface area contributed by atoms with Gasteiger partial charge in [-0.3, -0.25) is 4.90 Å². The molecule has 4 heteroatoms. The highest BCUT2D eigenvalue weighted by molar-refractivity contribution is 6.30. The van der Waals surface area contributed by atoms with Gasteiger partial charge in [0.1, 0.15) is 5.82 Å². The molecule has 100 valence electrons. The Morgan fingerprint density at radius 1 is 1.50 bits per heavy atom. The quantitative estimate of drug-likeness (QED) is 0.915. The number of benzene rings is 1. The standard InChI is InChI=1S/C14H20ClFN2/c1-10-5-6-18(9-12(10)7-17)8-11-3-2-4-13(15)14(11)16/h2-4,10,12H,5-9,17H2,1H3. The number of piperidine rings is 1. The number of likely N-dealkylation sites (tertiary alicyclic amines) is 1. The molecular formula is C14H20ClFN2. The fraction of sp³-hybridized carbons (Fsp3) is 0.571. The van der Waals surface area contributed by atoms with Crippen LogP contribution in [0.2, 0.25) is 5.02 Å². The molecule has 1 heterocycles. The van der Waals surface area contributed by atoms with Gasteiger partial charge in [-0.25, -0.2) is 4.39 Å². The van der Waals surface area contributed by atoms with Crippen molar-refractivity contribution in [3.63, 3.8) is 0 Å². The molecule has 1 aromatic carbocycles. The van der Waals surface area contributed by atoms with Crippen LogP contribution < -0.4 is 5.73 Å². The number of hydrogen-bond donors (Lipinski definition) is 1. The third kappa shape index (κ3) is 3.02. The molecule has 0 bridgehead atoms. The van der Waals surface area contributed by atoms with Crippen LogP contribution in [0.25, 0.3) is 0 Å². The van der Waals surface area contributed by atoms with Gasteiger partial charge in [-0.15, -0.1) is 0 Å². The molecule has 1 saturated heterocycles. The smallest absolute Gasteiger partial charge is 0.146 e. The van der Waals surface area contributed by atoms with Gasteiger partial charge in [0.15, 0.2) is 0 Å². The minimum atomic E-state index is -0.290. The summed E-state index contributed by atoms with van der Waals surface area (Å²) in [5.74, 6) is 0.888. The molecule has 2 unspecified atom stereocenters. The van der Waals surface area contributed by atoms with Crippen molar-refractivity contribution in [3.05, 3.63) is 34.6 Å². The summed E-state index contributed by atoms with van der Waals surface area (Å²) in [5.41, 5.74) is 6.46. The van der Waals surface area contributed by atoms with E-state index in [0.717, 1.165) is 19.5 Å². The summed E-state index contributed by atoms with van der Waals surface area (Å²) in [7, 11) is 0. The van der Waals surface area contributed by atoms with Crippen LogP contribution in [0.1, 0.15) is 18.9 Å². The summed E-state index contributed by atoms with van der Waals surface area (Å²) in [6.45, 7) is 5.52. The monoisotopic (exact) mass is 270 g/mol. The van der Waals surface area contributed by atoms with Gasteiger partial charge in [0.2, 0.25) is 0 Å². The molecule has 1 aliphatic heterocycles. The predicted molar refractivity (Wildman–Crippen MR) is 73.0 cm³/mol. The summed E-state index contributed by atoms with van der Waals surface area (Å²) in [5, 5.41) is 0.202. The Morgan fingerprint density at radius 3 is 3.00 bits per heavy atom. The van der Waals surface area contributed by atoms with E-state index >= 15 is 0 Å². The lowest BCUT2D eigenvalue weighted by Gasteiger charge is -2.36. The van der Waals surface area contributed by atoms with E-state index in [9.17, 15) is 4.39 Å². The minimum absolute atomic E-state index is 0.202. The van der Waals surface area contributed by atoms with Gasteiger partial charge in [-0.05, 0) is 37.4 Å². The highest BCUT2D eigenvalue weighted by Gasteiger charge is 2.25. The second-order valence-corrected chi connectivity index (χ2v) is 5.62. The highest BCUT2D eigenvalue weighted by Crippen LogP contribution is 2.25. The Kier molecular flexibility index (Phi) is 4.60. The molecule has 2 N–H and O–H groups in total. The highest BCUT2D eigenvalue weighted by atomic mass is 35.5. The number of nitrogens with zero attached hydrogens (tertiary/aromatic N) is 1. The topological polar surface area (TPSA) is 29.3 Å². The Labute approximate surface area is 113 Å². The van der Waals surface area contributed by atoms with Gasteiger partial charge in [-0.2, -0.15) is 0 Å². The van der Waals surface area contributed by atoms with Crippen molar-refractivity contribution in [2.24, 2.45) is 17.6 Å². The van der Waals surface area contributed by atoms with Crippen molar-refractivity contribution in [2.75, 3.05) is 19.6 Å². The van der Waals surface area contributed by atoms with E-state index in [2.05, 4.69) is 11.8 Å². The van der Waals surface area contributed by atoms with Crippen LogP contribution in [0.3, 0.4) is 0 Å². The maximum atomic E-state index is 13.8. The van der Waals surface area contributed by atoms with Gasteiger partial charge in [0, 0.05) is 18.7 Å². The average molecular weight is 271 g/mol. The van der Waals surface area contributed by atoms with Crippen molar-refractivity contribution in [1.29, 1.82) is 0 Å². The first-order valence-electron chi connectivity index (χ1n) is 6.47. The lowest BCUT2D eigenvalue weighted by Crippen LogP contribution is -2.42. The Bertz CT molecular complexity index is 411. The molecule has 18 heavy (non-hydrogen) atoms. The molecule has 1 fully saturated rings. The third-order valence-electron chi connectivity index (χ3n) is 3.93.